The molecule has 4 nitrogen and oxygen atoms in total. The molecule has 0 radical (unpaired) electrons. The number of rotatable bonds is 4. The number of ether oxygens (including phenoxy) is 1. The summed E-state index contributed by atoms with van der Waals surface area (Å²) in [6.45, 7) is 8.44. The van der Waals surface area contributed by atoms with Gasteiger partial charge in [0, 0.05) is 21.8 Å². The van der Waals surface area contributed by atoms with Crippen molar-refractivity contribution in [3.63, 3.8) is 0 Å². The van der Waals surface area contributed by atoms with Crippen LogP contribution in [-0.2, 0) is 4.74 Å². The van der Waals surface area contributed by atoms with Gasteiger partial charge in [-0.05, 0) is 92.8 Å². The van der Waals surface area contributed by atoms with Gasteiger partial charge in [-0.25, -0.2) is 4.79 Å². The fourth-order valence-electron chi connectivity index (χ4n) is 2.99. The van der Waals surface area contributed by atoms with E-state index < -0.39 is 5.60 Å². The van der Waals surface area contributed by atoms with Crippen molar-refractivity contribution in [2.45, 2.75) is 58.6 Å². The molecule has 0 saturated heterocycles. The third kappa shape index (κ3) is 5.86. The number of hydrogen-bond acceptors (Lipinski definition) is 3. The van der Waals surface area contributed by atoms with Crippen LogP contribution in [-0.4, -0.2) is 24.3 Å². The van der Waals surface area contributed by atoms with Crippen LogP contribution in [0.4, 0.5) is 10.5 Å². The van der Waals surface area contributed by atoms with Gasteiger partial charge in [0.2, 0.25) is 0 Å². The molecule has 1 fully saturated rings. The molecule has 2 atom stereocenters. The topological polar surface area (TPSA) is 50.4 Å². The highest BCUT2D eigenvalue weighted by Crippen LogP contribution is 2.29. The van der Waals surface area contributed by atoms with E-state index in [4.69, 9.17) is 4.74 Å². The van der Waals surface area contributed by atoms with Gasteiger partial charge in [-0.2, -0.15) is 0 Å². The van der Waals surface area contributed by atoms with E-state index in [1.165, 1.54) is 21.2 Å². The van der Waals surface area contributed by atoms with E-state index in [0.29, 0.717) is 18.5 Å². The highest BCUT2D eigenvalue weighted by molar-refractivity contribution is 14.1. The minimum atomic E-state index is -0.449. The van der Waals surface area contributed by atoms with Crippen LogP contribution in [0.5, 0.6) is 0 Å². The lowest BCUT2D eigenvalue weighted by Gasteiger charge is -2.25. The first-order chi connectivity index (χ1) is 10.7. The molecular weight excluding hydrogens is 403 g/mol. The molecule has 5 heteroatoms. The van der Waals surface area contributed by atoms with Gasteiger partial charge in [0.1, 0.15) is 5.60 Å². The van der Waals surface area contributed by atoms with Crippen molar-refractivity contribution in [1.82, 2.24) is 5.32 Å². The van der Waals surface area contributed by atoms with Gasteiger partial charge in [-0.1, -0.05) is 6.42 Å². The summed E-state index contributed by atoms with van der Waals surface area (Å²) in [5.74, 6) is 0.446. The summed E-state index contributed by atoms with van der Waals surface area (Å²) in [6.07, 6.45) is 3.15. The quantitative estimate of drug-likeness (QED) is 0.681. The number of anilines is 1. The molecule has 2 N–H and O–H groups in total. The van der Waals surface area contributed by atoms with Gasteiger partial charge >= 0.3 is 6.09 Å². The number of aryl methyl sites for hydroxylation is 1. The third-order valence-electron chi connectivity index (χ3n) is 4.10. The van der Waals surface area contributed by atoms with Crippen LogP contribution in [0.1, 0.15) is 45.6 Å². The Kier molecular flexibility index (Phi) is 6.17. The van der Waals surface area contributed by atoms with Gasteiger partial charge < -0.3 is 15.4 Å². The first-order valence-corrected chi connectivity index (χ1v) is 9.32. The highest BCUT2D eigenvalue weighted by atomic mass is 127. The predicted molar refractivity (Wildman–Crippen MR) is 103 cm³/mol. The number of halogens is 1. The zero-order chi connectivity index (χ0) is 17.0. The summed E-state index contributed by atoms with van der Waals surface area (Å²) >= 11 is 2.33. The molecule has 0 aliphatic heterocycles. The summed E-state index contributed by atoms with van der Waals surface area (Å²) in [5, 5.41) is 6.58. The summed E-state index contributed by atoms with van der Waals surface area (Å²) < 4.78 is 6.56. The molecule has 1 saturated carbocycles. The molecule has 0 heterocycles. The van der Waals surface area contributed by atoms with Gasteiger partial charge in [0.15, 0.2) is 0 Å². The summed E-state index contributed by atoms with van der Waals surface area (Å²) in [5.41, 5.74) is 2.01. The van der Waals surface area contributed by atoms with E-state index >= 15 is 0 Å². The second kappa shape index (κ2) is 7.73. The maximum Gasteiger partial charge on any atom is 0.407 e. The molecule has 1 aliphatic carbocycles. The lowest BCUT2D eigenvalue weighted by Crippen LogP contribution is -2.38. The van der Waals surface area contributed by atoms with Gasteiger partial charge in [0.25, 0.3) is 0 Å². The molecule has 0 spiro atoms. The van der Waals surface area contributed by atoms with Crippen LogP contribution in [0.25, 0.3) is 0 Å². The van der Waals surface area contributed by atoms with Gasteiger partial charge in [-0.15, -0.1) is 0 Å². The van der Waals surface area contributed by atoms with E-state index in [2.05, 4.69) is 58.3 Å². The number of carbonyl (C=O) groups is 1. The monoisotopic (exact) mass is 430 g/mol. The lowest BCUT2D eigenvalue weighted by molar-refractivity contribution is 0.0519. The first kappa shape index (κ1) is 18.4. The van der Waals surface area contributed by atoms with Crippen molar-refractivity contribution in [1.29, 1.82) is 0 Å². The Morgan fingerprint density at radius 2 is 2.09 bits per heavy atom. The molecule has 23 heavy (non-hydrogen) atoms. The Morgan fingerprint density at radius 1 is 1.35 bits per heavy atom. The van der Waals surface area contributed by atoms with Crippen LogP contribution in [0, 0.1) is 16.4 Å². The number of carbonyl (C=O) groups excluding carboxylic acids is 1. The maximum absolute atomic E-state index is 11.8. The fourth-order valence-corrected chi connectivity index (χ4v) is 3.64. The van der Waals surface area contributed by atoms with Crippen LogP contribution in [0.2, 0.25) is 0 Å². The van der Waals surface area contributed by atoms with E-state index in [9.17, 15) is 4.79 Å². The molecule has 1 aliphatic rings. The molecule has 0 aromatic heterocycles. The minimum absolute atomic E-state index is 0.325. The van der Waals surface area contributed by atoms with Crippen molar-refractivity contribution >= 4 is 34.4 Å². The Balaban J connectivity index is 1.89. The first-order valence-electron chi connectivity index (χ1n) is 8.24. The zero-order valence-electron chi connectivity index (χ0n) is 14.4. The second-order valence-electron chi connectivity index (χ2n) is 7.28. The predicted octanol–water partition coefficient (Wildman–Crippen LogP) is 4.70. The smallest absolute Gasteiger partial charge is 0.407 e. The number of amides is 1. The molecule has 0 bridgehead atoms. The van der Waals surface area contributed by atoms with E-state index in [1.54, 1.807) is 0 Å². The summed E-state index contributed by atoms with van der Waals surface area (Å²) in [7, 11) is 0. The average Bonchev–Trinajstić information content (AvgIpc) is 2.85. The molecule has 1 aromatic rings. The van der Waals surface area contributed by atoms with Crippen molar-refractivity contribution < 1.29 is 9.53 Å². The second-order valence-corrected chi connectivity index (χ2v) is 8.53. The zero-order valence-corrected chi connectivity index (χ0v) is 16.6. The Morgan fingerprint density at radius 3 is 2.74 bits per heavy atom. The largest absolute Gasteiger partial charge is 0.444 e. The number of alkyl carbamates (subject to hydrolysis) is 1. The maximum atomic E-state index is 11.8. The molecular formula is C18H27IN2O2. The Hall–Kier alpha value is -0.980. The number of nitrogens with one attached hydrogen (secondary N) is 2. The molecule has 2 unspecified atom stereocenters. The van der Waals surface area contributed by atoms with Crippen molar-refractivity contribution in [3.8, 4) is 0 Å². The summed E-state index contributed by atoms with van der Waals surface area (Å²) in [4.78, 5) is 11.8. The Bertz CT molecular complexity index is 554. The van der Waals surface area contributed by atoms with E-state index in [0.717, 1.165) is 12.8 Å². The fraction of sp³-hybridized carbons (Fsp3) is 0.611. The minimum Gasteiger partial charge on any atom is -0.444 e. The van der Waals surface area contributed by atoms with Crippen LogP contribution in [0.15, 0.2) is 18.2 Å². The molecule has 1 amide bonds. The molecule has 128 valence electrons. The van der Waals surface area contributed by atoms with Crippen molar-refractivity contribution in [2.75, 3.05) is 11.9 Å². The summed E-state index contributed by atoms with van der Waals surface area (Å²) in [6, 6.07) is 6.86. The highest BCUT2D eigenvalue weighted by Gasteiger charge is 2.28. The Labute approximate surface area is 152 Å². The van der Waals surface area contributed by atoms with E-state index in [1.807, 2.05) is 20.8 Å². The molecule has 2 rings (SSSR count). The average molecular weight is 430 g/mol. The normalized spacial score (nSPS) is 21.1. The number of hydrogen-bond donors (Lipinski definition) is 2. The van der Waals surface area contributed by atoms with E-state index in [-0.39, 0.29) is 6.09 Å². The van der Waals surface area contributed by atoms with Gasteiger partial charge in [0.05, 0.1) is 0 Å². The van der Waals surface area contributed by atoms with Crippen molar-refractivity contribution in [2.24, 2.45) is 5.92 Å². The number of benzene rings is 1. The molecule has 1 aromatic carbocycles. The standard InChI is InChI=1S/C18H27IN2O2/c1-12-10-14(19)8-9-15(12)21-16-7-5-6-13(16)11-20-17(22)23-18(2,3)4/h8-10,13,16,21H,5-7,11H2,1-4H3,(H,20,22). The van der Waals surface area contributed by atoms with Crippen LogP contribution < -0.4 is 10.6 Å². The van der Waals surface area contributed by atoms with Crippen LogP contribution in [0.3, 0.4) is 0 Å². The lowest BCUT2D eigenvalue weighted by atomic mass is 10.0. The van der Waals surface area contributed by atoms with Crippen molar-refractivity contribution in [3.05, 3.63) is 27.3 Å². The third-order valence-corrected chi connectivity index (χ3v) is 4.77. The van der Waals surface area contributed by atoms with Crippen LogP contribution >= 0.6 is 22.6 Å². The van der Waals surface area contributed by atoms with Gasteiger partial charge in [-0.3, -0.25) is 0 Å². The SMILES string of the molecule is Cc1cc(I)ccc1NC1CCCC1CNC(=O)OC(C)(C)C.